The maximum atomic E-state index is 12.8. The Bertz CT molecular complexity index is 732. The van der Waals surface area contributed by atoms with Crippen molar-refractivity contribution in [2.75, 3.05) is 31.6 Å². The lowest BCUT2D eigenvalue weighted by Gasteiger charge is -2.27. The monoisotopic (exact) mass is 419 g/mol. The van der Waals surface area contributed by atoms with E-state index >= 15 is 0 Å². The van der Waals surface area contributed by atoms with Crippen LogP contribution >= 0.6 is 12.4 Å². The van der Waals surface area contributed by atoms with E-state index in [2.05, 4.69) is 5.32 Å². The van der Waals surface area contributed by atoms with Crippen LogP contribution in [0.25, 0.3) is 0 Å². The zero-order chi connectivity index (χ0) is 19.3. The van der Waals surface area contributed by atoms with Crippen molar-refractivity contribution >= 4 is 34.0 Å². The number of carbonyl (C=O) groups is 1. The molecule has 2 rings (SSSR count). The molecule has 0 saturated carbocycles. The number of ether oxygens (including phenoxy) is 1. The molecule has 1 fully saturated rings. The number of amides is 1. The highest BCUT2D eigenvalue weighted by atomic mass is 35.5. The van der Waals surface area contributed by atoms with Crippen molar-refractivity contribution < 1.29 is 17.9 Å². The summed E-state index contributed by atoms with van der Waals surface area (Å²) in [4.78, 5) is 12.7. The van der Waals surface area contributed by atoms with E-state index in [9.17, 15) is 13.2 Å². The molecule has 9 heteroatoms. The SMILES string of the molecule is CCN(CC)S(=O)(=O)c1cc(NC(=O)C(N)C2CCOCC2)ccc1C.Cl. The van der Waals surface area contributed by atoms with Crippen LogP contribution in [-0.2, 0) is 19.6 Å². The van der Waals surface area contributed by atoms with Crippen LogP contribution in [0.3, 0.4) is 0 Å². The van der Waals surface area contributed by atoms with Crippen molar-refractivity contribution in [1.82, 2.24) is 4.31 Å². The van der Waals surface area contributed by atoms with Gasteiger partial charge >= 0.3 is 0 Å². The van der Waals surface area contributed by atoms with E-state index in [1.165, 1.54) is 10.4 Å². The Hall–Kier alpha value is -1.19. The van der Waals surface area contributed by atoms with Crippen LogP contribution in [0.2, 0.25) is 0 Å². The van der Waals surface area contributed by atoms with E-state index in [-0.39, 0.29) is 29.1 Å². The molecule has 0 spiro atoms. The molecule has 0 aromatic heterocycles. The number of benzene rings is 1. The van der Waals surface area contributed by atoms with Gasteiger partial charge < -0.3 is 15.8 Å². The molecule has 0 aliphatic carbocycles. The summed E-state index contributed by atoms with van der Waals surface area (Å²) in [6.07, 6.45) is 1.51. The highest BCUT2D eigenvalue weighted by Crippen LogP contribution is 2.24. The fourth-order valence-electron chi connectivity index (χ4n) is 3.17. The number of anilines is 1. The maximum absolute atomic E-state index is 12.8. The molecule has 154 valence electrons. The Morgan fingerprint density at radius 1 is 1.30 bits per heavy atom. The van der Waals surface area contributed by atoms with Crippen LogP contribution in [0.15, 0.2) is 23.1 Å². The largest absolute Gasteiger partial charge is 0.381 e. The summed E-state index contributed by atoms with van der Waals surface area (Å²) in [5.41, 5.74) is 7.17. The number of halogens is 1. The summed E-state index contributed by atoms with van der Waals surface area (Å²) in [5, 5.41) is 2.77. The lowest BCUT2D eigenvalue weighted by Crippen LogP contribution is -2.44. The summed E-state index contributed by atoms with van der Waals surface area (Å²) in [7, 11) is -3.60. The lowest BCUT2D eigenvalue weighted by molar-refractivity contribution is -0.119. The minimum atomic E-state index is -3.60. The number of sulfonamides is 1. The van der Waals surface area contributed by atoms with E-state index in [0.717, 1.165) is 12.8 Å². The minimum Gasteiger partial charge on any atom is -0.381 e. The van der Waals surface area contributed by atoms with Gasteiger partial charge in [-0.05, 0) is 43.4 Å². The van der Waals surface area contributed by atoms with Gasteiger partial charge in [0.25, 0.3) is 0 Å². The minimum absolute atomic E-state index is 0. The van der Waals surface area contributed by atoms with Crippen LogP contribution in [0, 0.1) is 12.8 Å². The number of nitrogens with two attached hydrogens (primary N) is 1. The smallest absolute Gasteiger partial charge is 0.243 e. The zero-order valence-corrected chi connectivity index (χ0v) is 17.7. The van der Waals surface area contributed by atoms with E-state index in [1.54, 1.807) is 32.9 Å². The summed E-state index contributed by atoms with van der Waals surface area (Å²) < 4.78 is 32.3. The van der Waals surface area contributed by atoms with Crippen molar-refractivity contribution in [2.24, 2.45) is 11.7 Å². The third kappa shape index (κ3) is 5.65. The highest BCUT2D eigenvalue weighted by molar-refractivity contribution is 7.89. The third-order valence-electron chi connectivity index (χ3n) is 4.86. The Labute approximate surface area is 168 Å². The number of nitrogens with one attached hydrogen (secondary N) is 1. The van der Waals surface area contributed by atoms with Gasteiger partial charge in [0.05, 0.1) is 10.9 Å². The summed E-state index contributed by atoms with van der Waals surface area (Å²) >= 11 is 0. The molecule has 0 radical (unpaired) electrons. The molecule has 0 bridgehead atoms. The normalized spacial score (nSPS) is 16.6. The Morgan fingerprint density at radius 3 is 2.44 bits per heavy atom. The molecule has 1 heterocycles. The number of hydrogen-bond donors (Lipinski definition) is 2. The van der Waals surface area contributed by atoms with Gasteiger partial charge in [0.1, 0.15) is 0 Å². The molecular weight excluding hydrogens is 390 g/mol. The van der Waals surface area contributed by atoms with Crippen molar-refractivity contribution in [2.45, 2.75) is 44.6 Å². The molecule has 1 atom stereocenters. The number of carbonyl (C=O) groups excluding carboxylic acids is 1. The maximum Gasteiger partial charge on any atom is 0.243 e. The molecule has 1 aromatic rings. The van der Waals surface area contributed by atoms with Gasteiger partial charge in [-0.25, -0.2) is 8.42 Å². The van der Waals surface area contributed by atoms with Crippen molar-refractivity contribution in [3.8, 4) is 0 Å². The molecule has 27 heavy (non-hydrogen) atoms. The quantitative estimate of drug-likeness (QED) is 0.704. The van der Waals surface area contributed by atoms with Crippen molar-refractivity contribution in [1.29, 1.82) is 0 Å². The number of nitrogens with zero attached hydrogens (tertiary/aromatic N) is 1. The predicted octanol–water partition coefficient (Wildman–Crippen LogP) is 2.14. The van der Waals surface area contributed by atoms with Gasteiger partial charge in [-0.3, -0.25) is 4.79 Å². The molecule has 3 N–H and O–H groups in total. The summed E-state index contributed by atoms with van der Waals surface area (Å²) in [6, 6.07) is 4.28. The second-order valence-corrected chi connectivity index (χ2v) is 8.44. The van der Waals surface area contributed by atoms with Gasteiger partial charge in [-0.15, -0.1) is 12.4 Å². The zero-order valence-electron chi connectivity index (χ0n) is 16.1. The van der Waals surface area contributed by atoms with Gasteiger partial charge in [-0.2, -0.15) is 4.31 Å². The average Bonchev–Trinajstić information content (AvgIpc) is 2.64. The average molecular weight is 420 g/mol. The number of hydrogen-bond acceptors (Lipinski definition) is 5. The van der Waals surface area contributed by atoms with Crippen LogP contribution in [0.5, 0.6) is 0 Å². The lowest BCUT2D eigenvalue weighted by atomic mass is 9.92. The van der Waals surface area contributed by atoms with Crippen molar-refractivity contribution in [3.05, 3.63) is 23.8 Å². The van der Waals surface area contributed by atoms with Crippen LogP contribution < -0.4 is 11.1 Å². The molecule has 1 aliphatic rings. The molecule has 1 unspecified atom stereocenters. The molecule has 1 amide bonds. The van der Waals surface area contributed by atoms with Crippen LogP contribution in [-0.4, -0.2) is 51.0 Å². The van der Waals surface area contributed by atoms with E-state index < -0.39 is 16.1 Å². The van der Waals surface area contributed by atoms with Gasteiger partial charge in [0.15, 0.2) is 0 Å². The number of rotatable bonds is 7. The third-order valence-corrected chi connectivity index (χ3v) is 7.05. The fourth-order valence-corrected chi connectivity index (χ4v) is 4.88. The van der Waals surface area contributed by atoms with E-state index in [1.807, 2.05) is 0 Å². The van der Waals surface area contributed by atoms with E-state index in [0.29, 0.717) is 37.6 Å². The molecule has 7 nitrogen and oxygen atoms in total. The predicted molar refractivity (Wildman–Crippen MR) is 109 cm³/mol. The van der Waals surface area contributed by atoms with Gasteiger partial charge in [0, 0.05) is 32.0 Å². The first-order valence-electron chi connectivity index (χ1n) is 9.06. The highest BCUT2D eigenvalue weighted by Gasteiger charge is 2.28. The second kappa shape index (κ2) is 10.4. The Morgan fingerprint density at radius 2 is 1.89 bits per heavy atom. The Balaban J connectivity index is 0.00000364. The van der Waals surface area contributed by atoms with Crippen molar-refractivity contribution in [3.63, 3.8) is 0 Å². The fraction of sp³-hybridized carbons (Fsp3) is 0.611. The first-order valence-corrected chi connectivity index (χ1v) is 10.5. The Kier molecular flexibility index (Phi) is 9.17. The van der Waals surface area contributed by atoms with E-state index in [4.69, 9.17) is 10.5 Å². The standard InChI is InChI=1S/C18H29N3O4S.ClH/c1-4-21(5-2)26(23,24)16-12-15(7-6-13(16)3)20-18(22)17(19)14-8-10-25-11-9-14;/h6-7,12,14,17H,4-5,8-11,19H2,1-3H3,(H,20,22);1H. The van der Waals surface area contributed by atoms with Gasteiger partial charge in [-0.1, -0.05) is 19.9 Å². The number of aryl methyl sites for hydroxylation is 1. The summed E-state index contributed by atoms with van der Waals surface area (Å²) in [5.74, 6) is -0.222. The molecule has 1 aromatic carbocycles. The topological polar surface area (TPSA) is 102 Å². The van der Waals surface area contributed by atoms with Gasteiger partial charge in [0.2, 0.25) is 15.9 Å². The second-order valence-electron chi connectivity index (χ2n) is 6.53. The molecule has 1 saturated heterocycles. The summed E-state index contributed by atoms with van der Waals surface area (Å²) in [6.45, 7) is 7.36. The first-order chi connectivity index (χ1) is 12.3. The van der Waals surface area contributed by atoms with Crippen LogP contribution in [0.4, 0.5) is 5.69 Å². The molecule has 1 aliphatic heterocycles. The first kappa shape index (κ1) is 23.8. The molecular formula is C18H30ClN3O4S. The van der Waals surface area contributed by atoms with Crippen LogP contribution in [0.1, 0.15) is 32.3 Å².